The van der Waals surface area contributed by atoms with Crippen LogP contribution in [0.1, 0.15) is 75.8 Å². The first-order valence-corrected chi connectivity index (χ1v) is 18.9. The third kappa shape index (κ3) is 7.37. The van der Waals surface area contributed by atoms with E-state index in [0.29, 0.717) is 62.3 Å². The molecule has 5 aliphatic rings. The van der Waals surface area contributed by atoms with Gasteiger partial charge in [-0.1, -0.05) is 6.07 Å². The SMILES string of the molecule is COc1ccc2c3c1O[C@H]1C(OC(=O)N4CCCCC4CNC(=O)[C@H](CCCN=C(N)N)CC(=O)CNC(=O)CC(C)=O)=CC[C@@]4(O)[C@@H](C2)N(C)CC[C@]314. The predicted molar refractivity (Wildman–Crippen MR) is 197 cm³/mol. The van der Waals surface area contributed by atoms with Crippen molar-refractivity contribution in [1.82, 2.24) is 20.4 Å². The zero-order chi connectivity index (χ0) is 38.8. The highest BCUT2D eigenvalue weighted by molar-refractivity contribution is 5.98. The topological polar surface area (TPSA) is 228 Å². The third-order valence-corrected chi connectivity index (χ3v) is 11.9. The summed E-state index contributed by atoms with van der Waals surface area (Å²) in [4.78, 5) is 71.4. The van der Waals surface area contributed by atoms with Gasteiger partial charge in [0.25, 0.3) is 0 Å². The molecule has 0 saturated carbocycles. The number of nitrogens with one attached hydrogen (secondary N) is 2. The van der Waals surface area contributed by atoms with Crippen LogP contribution in [0.25, 0.3) is 0 Å². The number of aliphatic hydroxyl groups is 1. The number of carbonyl (C=O) groups is 5. The monoisotopic (exact) mass is 751 g/mol. The van der Waals surface area contributed by atoms with Crippen molar-refractivity contribution >= 4 is 35.4 Å². The minimum Gasteiger partial charge on any atom is -0.493 e. The molecule has 3 heterocycles. The van der Waals surface area contributed by atoms with E-state index in [0.717, 1.165) is 30.5 Å². The first-order valence-electron chi connectivity index (χ1n) is 18.9. The molecule has 16 heteroatoms. The van der Waals surface area contributed by atoms with E-state index in [2.05, 4.69) is 20.5 Å². The quantitative estimate of drug-likeness (QED) is 0.0726. The highest BCUT2D eigenvalue weighted by Gasteiger charge is 2.72. The summed E-state index contributed by atoms with van der Waals surface area (Å²) in [5, 5.41) is 17.9. The molecule has 3 aliphatic heterocycles. The molecular formula is C38H53N7O9. The Morgan fingerprint density at radius 3 is 2.69 bits per heavy atom. The van der Waals surface area contributed by atoms with E-state index in [9.17, 15) is 29.1 Å². The smallest absolute Gasteiger partial charge is 0.415 e. The van der Waals surface area contributed by atoms with Crippen LogP contribution in [0.4, 0.5) is 4.79 Å². The number of guanidine groups is 1. The fraction of sp³-hybridized carbons (Fsp3) is 0.632. The Bertz CT molecular complexity index is 1730. The number of hydrogen-bond acceptors (Lipinski definition) is 11. The molecule has 2 fully saturated rings. The average Bonchev–Trinajstić information content (AvgIpc) is 3.49. The Hall–Kier alpha value is -4.70. The molecule has 0 aromatic heterocycles. The highest BCUT2D eigenvalue weighted by Crippen LogP contribution is 2.65. The number of likely N-dealkylation sites (N-methyl/N-ethyl adjacent to an activating group) is 1. The van der Waals surface area contributed by atoms with Crippen molar-refractivity contribution in [3.8, 4) is 11.5 Å². The number of aliphatic imine (C=N–C) groups is 1. The summed E-state index contributed by atoms with van der Waals surface area (Å²) in [6, 6.07) is 3.44. The number of rotatable bonds is 15. The Kier molecular flexibility index (Phi) is 11.5. The molecule has 6 atom stereocenters. The summed E-state index contributed by atoms with van der Waals surface area (Å²) in [5.74, 6) is -0.897. The maximum atomic E-state index is 14.0. The zero-order valence-corrected chi connectivity index (χ0v) is 31.4. The number of benzene rings is 1. The summed E-state index contributed by atoms with van der Waals surface area (Å²) in [5.41, 5.74) is 11.0. The number of methoxy groups -OCH3 is 1. The fourth-order valence-corrected chi connectivity index (χ4v) is 9.27. The lowest BCUT2D eigenvalue weighted by Crippen LogP contribution is -2.74. The number of Topliss-reactive ketones (excluding diaryl/α,β-unsaturated/α-hetero) is 2. The number of amides is 3. The first kappa shape index (κ1) is 39.0. The van der Waals surface area contributed by atoms with Gasteiger partial charge in [-0.3, -0.25) is 24.2 Å². The van der Waals surface area contributed by atoms with Gasteiger partial charge in [0.05, 0.1) is 37.1 Å². The molecule has 2 bridgehead atoms. The first-order chi connectivity index (χ1) is 25.8. The number of ketones is 2. The van der Waals surface area contributed by atoms with Crippen molar-refractivity contribution in [3.63, 3.8) is 0 Å². The lowest BCUT2D eigenvalue weighted by atomic mass is 9.50. The molecule has 7 N–H and O–H groups in total. The van der Waals surface area contributed by atoms with E-state index in [4.69, 9.17) is 25.7 Å². The van der Waals surface area contributed by atoms with Gasteiger partial charge in [-0.05, 0) is 83.2 Å². The molecule has 1 spiro atoms. The lowest BCUT2D eigenvalue weighted by Gasteiger charge is -2.61. The Morgan fingerprint density at radius 2 is 1.94 bits per heavy atom. The normalized spacial score (nSPS) is 27.0. The summed E-state index contributed by atoms with van der Waals surface area (Å²) in [7, 11) is 3.62. The second-order valence-electron chi connectivity index (χ2n) is 15.3. The molecule has 3 amide bonds. The number of likely N-dealkylation sites (tertiary alicyclic amines) is 2. The van der Waals surface area contributed by atoms with E-state index in [1.165, 1.54) is 6.92 Å². The van der Waals surface area contributed by atoms with Gasteiger partial charge in [-0.25, -0.2) is 4.79 Å². The minimum atomic E-state index is -1.13. The van der Waals surface area contributed by atoms with Crippen molar-refractivity contribution in [3.05, 3.63) is 35.1 Å². The van der Waals surface area contributed by atoms with E-state index < -0.39 is 35.0 Å². The van der Waals surface area contributed by atoms with Crippen LogP contribution in [0, 0.1) is 5.92 Å². The zero-order valence-electron chi connectivity index (χ0n) is 31.4. The van der Waals surface area contributed by atoms with Gasteiger partial charge < -0.3 is 51.2 Å². The Morgan fingerprint density at radius 1 is 1.15 bits per heavy atom. The van der Waals surface area contributed by atoms with Crippen LogP contribution >= 0.6 is 0 Å². The minimum absolute atomic E-state index is 0.0772. The van der Waals surface area contributed by atoms with Crippen molar-refractivity contribution in [2.24, 2.45) is 22.4 Å². The number of ether oxygens (including phenoxy) is 3. The lowest BCUT2D eigenvalue weighted by molar-refractivity contribution is -0.163. The van der Waals surface area contributed by atoms with Gasteiger partial charge >= 0.3 is 6.09 Å². The molecule has 1 aromatic rings. The molecular weight excluding hydrogens is 698 g/mol. The van der Waals surface area contributed by atoms with Crippen LogP contribution in [0.15, 0.2) is 29.0 Å². The number of hydrogen-bond donors (Lipinski definition) is 5. The molecule has 1 unspecified atom stereocenters. The molecule has 16 nitrogen and oxygen atoms in total. The second-order valence-corrected chi connectivity index (χ2v) is 15.3. The molecule has 6 rings (SSSR count). The number of piperidine rings is 2. The van der Waals surface area contributed by atoms with Gasteiger partial charge in [-0.15, -0.1) is 0 Å². The van der Waals surface area contributed by atoms with Crippen molar-refractivity contribution < 1.29 is 43.3 Å². The van der Waals surface area contributed by atoms with Gasteiger partial charge in [0.2, 0.25) is 11.8 Å². The maximum Gasteiger partial charge on any atom is 0.415 e. The highest BCUT2D eigenvalue weighted by atomic mass is 16.6. The molecule has 2 aliphatic carbocycles. The van der Waals surface area contributed by atoms with Crippen LogP contribution < -0.4 is 31.6 Å². The van der Waals surface area contributed by atoms with E-state index in [1.54, 1.807) is 18.1 Å². The summed E-state index contributed by atoms with van der Waals surface area (Å²) in [6.07, 6.45) is 4.61. The number of nitrogens with two attached hydrogens (primary N) is 2. The number of nitrogens with zero attached hydrogens (tertiary/aromatic N) is 3. The van der Waals surface area contributed by atoms with Crippen LogP contribution in [-0.4, -0.2) is 121 Å². The van der Waals surface area contributed by atoms with Crippen LogP contribution in [0.3, 0.4) is 0 Å². The van der Waals surface area contributed by atoms with E-state index >= 15 is 0 Å². The number of carbonyl (C=O) groups excluding carboxylic acids is 5. The maximum absolute atomic E-state index is 14.0. The van der Waals surface area contributed by atoms with Crippen LogP contribution in [0.2, 0.25) is 0 Å². The molecule has 294 valence electrons. The standard InChI is InChI=1S/C38H53N7O9/c1-22(46)17-30(48)42-21-26(47)18-24(7-6-14-41-35(39)40)34(49)43-20-25-8-4-5-15-45(25)36(50)53-28-11-12-38(51)29-19-23-9-10-27(52-3)32-31(23)37(38,33(28)54-32)13-16-44(29)2/h9-11,24-25,29,33,51H,4-8,12-21H2,1-3H3,(H,42,48)(H,43,49)(H4,39,40,41)/t24-,25?,29-,33+,37+,38-/m1/s1. The van der Waals surface area contributed by atoms with Crippen LogP contribution in [0.5, 0.6) is 11.5 Å². The van der Waals surface area contributed by atoms with Gasteiger partial charge in [0.15, 0.2) is 29.3 Å². The summed E-state index contributed by atoms with van der Waals surface area (Å²) >= 11 is 0. The average molecular weight is 752 g/mol. The molecule has 2 saturated heterocycles. The summed E-state index contributed by atoms with van der Waals surface area (Å²) < 4.78 is 18.6. The van der Waals surface area contributed by atoms with Crippen molar-refractivity contribution in [2.45, 2.75) is 100 Å². The van der Waals surface area contributed by atoms with Crippen molar-refractivity contribution in [2.75, 3.05) is 46.9 Å². The fourth-order valence-electron chi connectivity index (χ4n) is 9.27. The summed E-state index contributed by atoms with van der Waals surface area (Å²) in [6.45, 7) is 2.57. The van der Waals surface area contributed by atoms with Crippen LogP contribution in [-0.2, 0) is 35.8 Å². The van der Waals surface area contributed by atoms with E-state index in [1.807, 2.05) is 19.2 Å². The predicted octanol–water partition coefficient (Wildman–Crippen LogP) is 0.805. The van der Waals surface area contributed by atoms with Gasteiger partial charge in [-0.2, -0.15) is 0 Å². The molecule has 0 radical (unpaired) electrons. The van der Waals surface area contributed by atoms with E-state index in [-0.39, 0.29) is 68.0 Å². The largest absolute Gasteiger partial charge is 0.493 e. The third-order valence-electron chi connectivity index (χ3n) is 11.9. The van der Waals surface area contributed by atoms with Gasteiger partial charge in [0, 0.05) is 50.0 Å². The molecule has 1 aromatic carbocycles. The van der Waals surface area contributed by atoms with Crippen molar-refractivity contribution in [1.29, 1.82) is 0 Å². The Balaban J connectivity index is 1.14. The Labute approximate surface area is 315 Å². The molecule has 54 heavy (non-hydrogen) atoms. The second kappa shape index (κ2) is 16.0. The van der Waals surface area contributed by atoms with Gasteiger partial charge in [0.1, 0.15) is 11.5 Å².